The molecule has 2 fully saturated rings. The number of rotatable bonds is 8. The maximum Gasteiger partial charge on any atom is 0.243 e. The van der Waals surface area contributed by atoms with Crippen LogP contribution in [-0.4, -0.2) is 61.9 Å². The van der Waals surface area contributed by atoms with Crippen molar-refractivity contribution in [2.45, 2.75) is 65.6 Å². The molecule has 1 saturated heterocycles. The van der Waals surface area contributed by atoms with Crippen LogP contribution in [0.4, 0.5) is 0 Å². The van der Waals surface area contributed by atoms with Gasteiger partial charge in [-0.15, -0.1) is 0 Å². The quantitative estimate of drug-likeness (QED) is 0.307. The average molecular weight is 567 g/mol. The minimum atomic E-state index is -0.584. The third-order valence-corrected chi connectivity index (χ3v) is 8.77. The van der Waals surface area contributed by atoms with Gasteiger partial charge in [-0.3, -0.25) is 19.5 Å². The van der Waals surface area contributed by atoms with E-state index in [4.69, 9.17) is 4.74 Å². The summed E-state index contributed by atoms with van der Waals surface area (Å²) in [4.78, 5) is 50.9. The van der Waals surface area contributed by atoms with E-state index in [1.807, 2.05) is 44.2 Å². The standard InChI is InChI=1S/C32H34N6O4/c1-17-10-22(21-15-33-19(3)34-16-21)23(28-29(17)36-37-30(28)18(2)39)11-27(40)38-24(12-32(4)13-26(32)38)31(41)35-14-20-8-6-7-9-25(20)42-5/h6-10,15-16,24,26H,11-14H2,1-5H3,(H,35,41)(H,36,37)/t24-,26+,32-/m0/s1. The molecule has 0 spiro atoms. The number of piperidine rings is 1. The fraction of sp³-hybridized carbons (Fsp3) is 0.375. The number of para-hydroxylation sites is 1. The van der Waals surface area contributed by atoms with Crippen molar-refractivity contribution in [3.63, 3.8) is 0 Å². The Hall–Kier alpha value is -4.60. The fourth-order valence-electron chi connectivity index (χ4n) is 6.41. The van der Waals surface area contributed by atoms with Crippen LogP contribution in [0.3, 0.4) is 0 Å². The first-order valence-corrected chi connectivity index (χ1v) is 14.1. The van der Waals surface area contributed by atoms with Crippen molar-refractivity contribution >= 4 is 28.5 Å². The molecule has 2 aromatic carbocycles. The van der Waals surface area contributed by atoms with Crippen LogP contribution in [-0.2, 0) is 22.6 Å². The second-order valence-electron chi connectivity index (χ2n) is 11.7. The average Bonchev–Trinajstić information content (AvgIpc) is 3.29. The normalized spacial score (nSPS) is 20.8. The summed E-state index contributed by atoms with van der Waals surface area (Å²) in [6.07, 6.45) is 4.93. The highest BCUT2D eigenvalue weighted by Crippen LogP contribution is 2.59. The first kappa shape index (κ1) is 27.6. The number of Topliss-reactive ketones (excluding diaryl/α,β-unsaturated/α-hetero) is 1. The van der Waals surface area contributed by atoms with Crippen molar-refractivity contribution in [3.05, 3.63) is 70.9 Å². The molecular weight excluding hydrogens is 532 g/mol. The van der Waals surface area contributed by atoms with Crippen LogP contribution >= 0.6 is 0 Å². The third kappa shape index (κ3) is 4.70. The van der Waals surface area contributed by atoms with Gasteiger partial charge in [0.2, 0.25) is 11.8 Å². The van der Waals surface area contributed by atoms with Gasteiger partial charge in [0.25, 0.3) is 0 Å². The molecule has 1 saturated carbocycles. The number of hydrogen-bond donors (Lipinski definition) is 2. The summed E-state index contributed by atoms with van der Waals surface area (Å²) in [7, 11) is 1.60. The largest absolute Gasteiger partial charge is 0.496 e. The molecule has 0 radical (unpaired) electrons. The molecule has 1 aliphatic carbocycles. The van der Waals surface area contributed by atoms with Gasteiger partial charge >= 0.3 is 0 Å². The van der Waals surface area contributed by atoms with Gasteiger partial charge in [0.05, 0.1) is 19.0 Å². The molecule has 6 rings (SSSR count). The molecule has 10 nitrogen and oxygen atoms in total. The topological polar surface area (TPSA) is 130 Å². The van der Waals surface area contributed by atoms with Gasteiger partial charge in [0, 0.05) is 48.4 Å². The van der Waals surface area contributed by atoms with Gasteiger partial charge in [0.1, 0.15) is 23.3 Å². The van der Waals surface area contributed by atoms with E-state index in [2.05, 4.69) is 32.4 Å². The number of ether oxygens (including phenoxy) is 1. The summed E-state index contributed by atoms with van der Waals surface area (Å²) < 4.78 is 5.43. The number of methoxy groups -OCH3 is 1. The molecule has 3 heterocycles. The van der Waals surface area contributed by atoms with Gasteiger partial charge < -0.3 is 15.0 Å². The van der Waals surface area contributed by atoms with Crippen molar-refractivity contribution in [1.82, 2.24) is 30.4 Å². The summed E-state index contributed by atoms with van der Waals surface area (Å²) in [6, 6.07) is 8.92. The zero-order valence-corrected chi connectivity index (χ0v) is 24.4. The molecule has 1 aliphatic heterocycles. The van der Waals surface area contributed by atoms with Crippen LogP contribution in [0.1, 0.15) is 59.7 Å². The maximum atomic E-state index is 14.2. The minimum Gasteiger partial charge on any atom is -0.496 e. The number of fused-ring (bicyclic) bond motifs is 2. The molecule has 216 valence electrons. The lowest BCUT2D eigenvalue weighted by Crippen LogP contribution is -2.48. The predicted molar refractivity (Wildman–Crippen MR) is 157 cm³/mol. The molecule has 42 heavy (non-hydrogen) atoms. The van der Waals surface area contributed by atoms with Gasteiger partial charge in [-0.1, -0.05) is 25.1 Å². The third-order valence-electron chi connectivity index (χ3n) is 8.77. The molecular formula is C32H34N6O4. The number of nitrogens with zero attached hydrogens (tertiary/aromatic N) is 4. The Balaban J connectivity index is 1.35. The lowest BCUT2D eigenvalue weighted by atomic mass is 9.91. The number of H-pyrrole nitrogens is 1. The van der Waals surface area contributed by atoms with Gasteiger partial charge in [-0.25, -0.2) is 9.97 Å². The van der Waals surface area contributed by atoms with Crippen LogP contribution in [0, 0.1) is 19.3 Å². The molecule has 2 amide bonds. The number of hydrogen-bond acceptors (Lipinski definition) is 7. The Morgan fingerprint density at radius 2 is 1.88 bits per heavy atom. The molecule has 3 atom stereocenters. The number of amides is 2. The van der Waals surface area contributed by atoms with E-state index < -0.39 is 6.04 Å². The second kappa shape index (κ2) is 10.3. The summed E-state index contributed by atoms with van der Waals surface area (Å²) in [5, 5.41) is 11.0. The monoisotopic (exact) mass is 566 g/mol. The fourth-order valence-corrected chi connectivity index (χ4v) is 6.41. The zero-order chi connectivity index (χ0) is 29.8. The van der Waals surface area contributed by atoms with Crippen molar-refractivity contribution in [2.75, 3.05) is 7.11 Å². The lowest BCUT2D eigenvalue weighted by Gasteiger charge is -2.27. The number of carbonyl (C=O) groups is 3. The first-order valence-electron chi connectivity index (χ1n) is 14.1. The number of benzene rings is 2. The van der Waals surface area contributed by atoms with Gasteiger partial charge in [-0.05, 0) is 60.9 Å². The van der Waals surface area contributed by atoms with E-state index in [0.29, 0.717) is 46.7 Å². The summed E-state index contributed by atoms with van der Waals surface area (Å²) in [5.74, 6) is 0.816. The molecule has 2 aliphatic rings. The van der Waals surface area contributed by atoms with Crippen molar-refractivity contribution in [3.8, 4) is 16.9 Å². The van der Waals surface area contributed by atoms with Gasteiger partial charge in [0.15, 0.2) is 5.78 Å². The summed E-state index contributed by atoms with van der Waals surface area (Å²) >= 11 is 0. The number of aromatic amines is 1. The van der Waals surface area contributed by atoms with E-state index in [-0.39, 0.29) is 35.5 Å². The van der Waals surface area contributed by atoms with E-state index in [1.54, 1.807) is 24.4 Å². The van der Waals surface area contributed by atoms with Crippen molar-refractivity contribution in [1.29, 1.82) is 0 Å². The highest BCUT2D eigenvalue weighted by molar-refractivity contribution is 6.09. The minimum absolute atomic E-state index is 0.00265. The zero-order valence-electron chi connectivity index (χ0n) is 24.4. The molecule has 0 unspecified atom stereocenters. The highest BCUT2D eigenvalue weighted by Gasteiger charge is 2.64. The summed E-state index contributed by atoms with van der Waals surface area (Å²) in [5.41, 5.74) is 4.83. The Kier molecular flexibility index (Phi) is 6.79. The Morgan fingerprint density at radius 3 is 2.60 bits per heavy atom. The predicted octanol–water partition coefficient (Wildman–Crippen LogP) is 4.09. The van der Waals surface area contributed by atoms with Crippen LogP contribution < -0.4 is 10.1 Å². The molecule has 4 aromatic rings. The SMILES string of the molecule is COc1ccccc1CNC(=O)[C@@H]1C[C@@]2(C)C[C@H]2N1C(=O)Cc1c(-c2cnc(C)nc2)cc(C)c2n[nH]c(C(C)=O)c12. The molecule has 10 heteroatoms. The van der Waals surface area contributed by atoms with Gasteiger partial charge in [-0.2, -0.15) is 5.10 Å². The van der Waals surface area contributed by atoms with Crippen LogP contribution in [0.25, 0.3) is 22.0 Å². The van der Waals surface area contributed by atoms with E-state index >= 15 is 0 Å². The number of aromatic nitrogens is 4. The summed E-state index contributed by atoms with van der Waals surface area (Å²) in [6.45, 7) is 7.65. The van der Waals surface area contributed by atoms with Crippen molar-refractivity contribution < 1.29 is 19.1 Å². The maximum absolute atomic E-state index is 14.2. The first-order chi connectivity index (χ1) is 20.1. The number of ketones is 1. The smallest absolute Gasteiger partial charge is 0.243 e. The number of aryl methyl sites for hydroxylation is 2. The van der Waals surface area contributed by atoms with Crippen LogP contribution in [0.5, 0.6) is 5.75 Å². The number of carbonyl (C=O) groups excluding carboxylic acids is 3. The Bertz CT molecular complexity index is 1730. The molecule has 2 aromatic heterocycles. The molecule has 2 N–H and O–H groups in total. The second-order valence-corrected chi connectivity index (χ2v) is 11.7. The van der Waals surface area contributed by atoms with E-state index in [1.165, 1.54) is 6.92 Å². The van der Waals surface area contributed by atoms with E-state index in [9.17, 15) is 14.4 Å². The Morgan fingerprint density at radius 1 is 1.14 bits per heavy atom. The van der Waals surface area contributed by atoms with Crippen LogP contribution in [0.15, 0.2) is 42.7 Å². The highest BCUT2D eigenvalue weighted by atomic mass is 16.5. The van der Waals surface area contributed by atoms with Crippen molar-refractivity contribution in [2.24, 2.45) is 5.41 Å². The number of likely N-dealkylation sites (tertiary alicyclic amines) is 1. The lowest BCUT2D eigenvalue weighted by molar-refractivity contribution is -0.139. The van der Waals surface area contributed by atoms with E-state index in [0.717, 1.165) is 28.7 Å². The molecule has 0 bridgehead atoms. The Labute approximate surface area is 243 Å². The van der Waals surface area contributed by atoms with Crippen LogP contribution in [0.2, 0.25) is 0 Å². The number of nitrogens with one attached hydrogen (secondary N) is 2.